The van der Waals surface area contributed by atoms with Crippen LogP contribution in [0.1, 0.15) is 57.8 Å². The Kier molecular flexibility index (Phi) is 5.74. The predicted molar refractivity (Wildman–Crippen MR) is 76.1 cm³/mol. The summed E-state index contributed by atoms with van der Waals surface area (Å²) >= 11 is 0. The van der Waals surface area contributed by atoms with E-state index >= 15 is 0 Å². The summed E-state index contributed by atoms with van der Waals surface area (Å²) in [6.45, 7) is 3.80. The maximum Gasteiger partial charge on any atom is 0.301 e. The first-order valence-corrected chi connectivity index (χ1v) is 7.93. The standard InChI is InChI=1S/C17H25F3/c1-2-3-12-4-6-13(7-5-12)14-8-10-15(11-9-14)16(18)17(19)20/h2,12-15H,1,3-11H2/t12-,13-,14-,15-. The summed E-state index contributed by atoms with van der Waals surface area (Å²) in [6.07, 6.45) is 9.09. The number of halogens is 3. The lowest BCUT2D eigenvalue weighted by Gasteiger charge is -2.37. The minimum atomic E-state index is -2.11. The Morgan fingerprint density at radius 2 is 1.35 bits per heavy atom. The van der Waals surface area contributed by atoms with Crippen molar-refractivity contribution in [3.05, 3.63) is 24.6 Å². The molecule has 2 aliphatic rings. The monoisotopic (exact) mass is 286 g/mol. The van der Waals surface area contributed by atoms with Crippen LogP contribution in [-0.4, -0.2) is 0 Å². The second kappa shape index (κ2) is 7.33. The van der Waals surface area contributed by atoms with Crippen molar-refractivity contribution in [3.8, 4) is 0 Å². The van der Waals surface area contributed by atoms with Crippen LogP contribution in [0.2, 0.25) is 0 Å². The third-order valence-corrected chi connectivity index (χ3v) is 5.37. The van der Waals surface area contributed by atoms with E-state index in [1.165, 1.54) is 25.7 Å². The first-order chi connectivity index (χ1) is 9.61. The molecule has 2 saturated carbocycles. The highest BCUT2D eigenvalue weighted by Crippen LogP contribution is 2.44. The smallest absolute Gasteiger partial charge is 0.206 e. The molecule has 0 amide bonds. The molecule has 0 unspecified atom stereocenters. The van der Waals surface area contributed by atoms with E-state index in [9.17, 15) is 13.2 Å². The average molecular weight is 286 g/mol. The Morgan fingerprint density at radius 1 is 0.850 bits per heavy atom. The summed E-state index contributed by atoms with van der Waals surface area (Å²) in [4.78, 5) is 0. The van der Waals surface area contributed by atoms with Crippen LogP contribution in [0.5, 0.6) is 0 Å². The van der Waals surface area contributed by atoms with Crippen LogP contribution in [-0.2, 0) is 0 Å². The first kappa shape index (κ1) is 15.7. The van der Waals surface area contributed by atoms with E-state index in [2.05, 4.69) is 6.58 Å². The van der Waals surface area contributed by atoms with E-state index in [0.717, 1.165) is 31.1 Å². The van der Waals surface area contributed by atoms with E-state index in [1.54, 1.807) is 0 Å². The van der Waals surface area contributed by atoms with Crippen molar-refractivity contribution >= 4 is 0 Å². The molecule has 0 heterocycles. The van der Waals surface area contributed by atoms with Gasteiger partial charge >= 0.3 is 6.08 Å². The van der Waals surface area contributed by atoms with E-state index in [-0.39, 0.29) is 0 Å². The zero-order valence-corrected chi connectivity index (χ0v) is 12.1. The van der Waals surface area contributed by atoms with Crippen molar-refractivity contribution in [2.75, 3.05) is 0 Å². The molecule has 0 aromatic rings. The summed E-state index contributed by atoms with van der Waals surface area (Å²) in [6, 6.07) is 0. The van der Waals surface area contributed by atoms with Gasteiger partial charge in [-0.25, -0.2) is 4.39 Å². The van der Waals surface area contributed by atoms with E-state index in [1.807, 2.05) is 6.08 Å². The largest absolute Gasteiger partial charge is 0.301 e. The van der Waals surface area contributed by atoms with Crippen LogP contribution in [0, 0.1) is 23.7 Å². The Balaban J connectivity index is 1.77. The summed E-state index contributed by atoms with van der Waals surface area (Å²) in [5.74, 6) is 0.485. The first-order valence-electron chi connectivity index (χ1n) is 7.93. The van der Waals surface area contributed by atoms with E-state index < -0.39 is 17.8 Å². The summed E-state index contributed by atoms with van der Waals surface area (Å²) in [5.41, 5.74) is 0. The SMILES string of the molecule is C=CC[C@H]1CC[C@H]([C@H]2CC[C@H](C(F)=C(F)F)CC2)CC1. The lowest BCUT2D eigenvalue weighted by molar-refractivity contribution is 0.146. The van der Waals surface area contributed by atoms with Gasteiger partial charge in [0.1, 0.15) is 0 Å². The van der Waals surface area contributed by atoms with Crippen LogP contribution in [0.3, 0.4) is 0 Å². The Labute approximate surface area is 120 Å². The molecule has 0 saturated heterocycles. The molecule has 0 bridgehead atoms. The topological polar surface area (TPSA) is 0 Å². The van der Waals surface area contributed by atoms with Crippen molar-refractivity contribution in [1.29, 1.82) is 0 Å². The summed E-state index contributed by atoms with van der Waals surface area (Å²) < 4.78 is 37.8. The maximum atomic E-state index is 13.2. The van der Waals surface area contributed by atoms with Gasteiger partial charge in [0.15, 0.2) is 5.83 Å². The Hall–Kier alpha value is -0.730. The maximum absolute atomic E-state index is 13.2. The van der Waals surface area contributed by atoms with Gasteiger partial charge in [-0.15, -0.1) is 6.58 Å². The van der Waals surface area contributed by atoms with Crippen molar-refractivity contribution in [2.24, 2.45) is 23.7 Å². The molecular weight excluding hydrogens is 261 g/mol. The summed E-state index contributed by atoms with van der Waals surface area (Å²) in [7, 11) is 0. The molecule has 0 aromatic carbocycles. The van der Waals surface area contributed by atoms with Crippen molar-refractivity contribution in [2.45, 2.75) is 57.8 Å². The van der Waals surface area contributed by atoms with Gasteiger partial charge in [-0.2, -0.15) is 8.78 Å². The molecule has 0 spiro atoms. The van der Waals surface area contributed by atoms with E-state index in [0.29, 0.717) is 18.8 Å². The lowest BCUT2D eigenvalue weighted by Crippen LogP contribution is -2.26. The fourth-order valence-electron chi connectivity index (χ4n) is 4.13. The van der Waals surface area contributed by atoms with Gasteiger partial charge in [0, 0.05) is 5.92 Å². The molecule has 2 fully saturated rings. The van der Waals surface area contributed by atoms with Crippen LogP contribution in [0.4, 0.5) is 13.2 Å². The fourth-order valence-corrected chi connectivity index (χ4v) is 4.13. The summed E-state index contributed by atoms with van der Waals surface area (Å²) in [5, 5.41) is 0. The zero-order valence-electron chi connectivity index (χ0n) is 12.1. The Morgan fingerprint density at radius 3 is 1.80 bits per heavy atom. The predicted octanol–water partition coefficient (Wildman–Crippen LogP) is 6.25. The highest BCUT2D eigenvalue weighted by Gasteiger charge is 2.32. The second-order valence-corrected chi connectivity index (χ2v) is 6.53. The molecule has 114 valence electrons. The molecule has 0 atom stereocenters. The number of hydrogen-bond acceptors (Lipinski definition) is 0. The van der Waals surface area contributed by atoms with Gasteiger partial charge in [-0.05, 0) is 75.5 Å². The van der Waals surface area contributed by atoms with Gasteiger partial charge in [-0.1, -0.05) is 6.08 Å². The highest BCUT2D eigenvalue weighted by atomic mass is 19.3. The minimum absolute atomic E-state index is 0.520. The molecule has 0 aromatic heterocycles. The van der Waals surface area contributed by atoms with Gasteiger partial charge in [0.05, 0.1) is 0 Å². The van der Waals surface area contributed by atoms with Crippen molar-refractivity contribution in [1.82, 2.24) is 0 Å². The quantitative estimate of drug-likeness (QED) is 0.535. The molecule has 0 N–H and O–H groups in total. The fraction of sp³-hybridized carbons (Fsp3) is 0.765. The van der Waals surface area contributed by atoms with Crippen LogP contribution >= 0.6 is 0 Å². The highest BCUT2D eigenvalue weighted by molar-refractivity contribution is 5.00. The molecular formula is C17H25F3. The van der Waals surface area contributed by atoms with Gasteiger partial charge < -0.3 is 0 Å². The normalized spacial score (nSPS) is 34.5. The van der Waals surface area contributed by atoms with Crippen LogP contribution in [0.15, 0.2) is 24.6 Å². The minimum Gasteiger partial charge on any atom is -0.206 e. The molecule has 20 heavy (non-hydrogen) atoms. The number of rotatable bonds is 4. The average Bonchev–Trinajstić information content (AvgIpc) is 2.48. The third kappa shape index (κ3) is 3.89. The van der Waals surface area contributed by atoms with Gasteiger partial charge in [0.25, 0.3) is 0 Å². The van der Waals surface area contributed by atoms with Crippen LogP contribution < -0.4 is 0 Å². The number of hydrogen-bond donors (Lipinski definition) is 0. The lowest BCUT2D eigenvalue weighted by atomic mass is 9.69. The molecule has 0 nitrogen and oxygen atoms in total. The molecule has 0 aliphatic heterocycles. The molecule has 2 aliphatic carbocycles. The molecule has 2 rings (SSSR count). The molecule has 0 radical (unpaired) electrons. The van der Waals surface area contributed by atoms with E-state index in [4.69, 9.17) is 0 Å². The van der Waals surface area contributed by atoms with Crippen molar-refractivity contribution in [3.63, 3.8) is 0 Å². The van der Waals surface area contributed by atoms with Crippen LogP contribution in [0.25, 0.3) is 0 Å². The van der Waals surface area contributed by atoms with Gasteiger partial charge in [0.2, 0.25) is 0 Å². The second-order valence-electron chi connectivity index (χ2n) is 6.53. The zero-order chi connectivity index (χ0) is 14.5. The third-order valence-electron chi connectivity index (χ3n) is 5.37. The Bertz CT molecular complexity index is 341. The van der Waals surface area contributed by atoms with Gasteiger partial charge in [-0.3, -0.25) is 0 Å². The van der Waals surface area contributed by atoms with Crippen molar-refractivity contribution < 1.29 is 13.2 Å². The number of allylic oxidation sites excluding steroid dienone is 2. The molecule has 3 heteroatoms.